The number of amides is 2. The molecule has 0 radical (unpaired) electrons. The Morgan fingerprint density at radius 2 is 1.90 bits per heavy atom. The Balaban J connectivity index is 1.81. The van der Waals surface area contributed by atoms with Gasteiger partial charge in [-0.05, 0) is 36.4 Å². The molecule has 5 heteroatoms. The summed E-state index contributed by atoms with van der Waals surface area (Å²) in [6.07, 6.45) is 1.61. The van der Waals surface area contributed by atoms with Crippen molar-refractivity contribution < 1.29 is 14.0 Å². The Bertz CT molecular complexity index is 718. The first kappa shape index (κ1) is 13.7. The number of aryl methyl sites for hydroxylation is 1. The van der Waals surface area contributed by atoms with Crippen molar-refractivity contribution in [2.75, 3.05) is 0 Å². The number of carbonyl (C=O) groups is 2. The van der Waals surface area contributed by atoms with E-state index >= 15 is 0 Å². The van der Waals surface area contributed by atoms with E-state index in [1.807, 2.05) is 43.3 Å². The summed E-state index contributed by atoms with van der Waals surface area (Å²) >= 11 is 0.944. The second kappa shape index (κ2) is 5.61. The molecule has 21 heavy (non-hydrogen) atoms. The summed E-state index contributed by atoms with van der Waals surface area (Å²) in [6, 6.07) is 13.0. The van der Waals surface area contributed by atoms with Gasteiger partial charge in [0.15, 0.2) is 0 Å². The van der Waals surface area contributed by atoms with Crippen molar-refractivity contribution in [3.8, 4) is 0 Å². The van der Waals surface area contributed by atoms with E-state index in [2.05, 4.69) is 0 Å². The molecule has 106 valence electrons. The Hall–Kier alpha value is -2.27. The maximum atomic E-state index is 12.3. The minimum absolute atomic E-state index is 0.251. The van der Waals surface area contributed by atoms with Gasteiger partial charge in [0, 0.05) is 6.08 Å². The van der Waals surface area contributed by atoms with Gasteiger partial charge >= 0.3 is 0 Å². The fraction of sp³-hybridized carbons (Fsp3) is 0.125. The SMILES string of the molecule is Cc1ccc(/C=C2\SC(=O)N(Cc3ccccc3)C2=O)o1. The number of imide groups is 1. The first-order valence-electron chi connectivity index (χ1n) is 6.49. The molecule has 2 amide bonds. The summed E-state index contributed by atoms with van der Waals surface area (Å²) in [4.78, 5) is 25.9. The lowest BCUT2D eigenvalue weighted by Gasteiger charge is -2.11. The molecule has 0 unspecified atom stereocenters. The van der Waals surface area contributed by atoms with E-state index in [0.717, 1.165) is 23.1 Å². The molecule has 0 aliphatic carbocycles. The predicted octanol–water partition coefficient (Wildman–Crippen LogP) is 3.82. The van der Waals surface area contributed by atoms with Crippen LogP contribution in [0.3, 0.4) is 0 Å². The standard InChI is InChI=1S/C16H13NO3S/c1-11-7-8-13(20-11)9-14-15(18)17(16(19)21-14)10-12-5-3-2-4-6-12/h2-9H,10H2,1H3/b14-9-. The summed E-state index contributed by atoms with van der Waals surface area (Å²) in [5.74, 6) is 1.07. The van der Waals surface area contributed by atoms with Gasteiger partial charge in [0.2, 0.25) is 0 Å². The van der Waals surface area contributed by atoms with Gasteiger partial charge in [0.25, 0.3) is 11.1 Å². The molecule has 1 aliphatic rings. The van der Waals surface area contributed by atoms with Crippen LogP contribution in [0.1, 0.15) is 17.1 Å². The van der Waals surface area contributed by atoms with Crippen molar-refractivity contribution in [2.24, 2.45) is 0 Å². The largest absolute Gasteiger partial charge is 0.462 e. The van der Waals surface area contributed by atoms with Crippen LogP contribution in [-0.4, -0.2) is 16.0 Å². The van der Waals surface area contributed by atoms with Crippen LogP contribution in [0.4, 0.5) is 4.79 Å². The molecule has 3 rings (SSSR count). The van der Waals surface area contributed by atoms with E-state index in [4.69, 9.17) is 4.42 Å². The van der Waals surface area contributed by atoms with Crippen LogP contribution in [0, 0.1) is 6.92 Å². The zero-order chi connectivity index (χ0) is 14.8. The van der Waals surface area contributed by atoms with E-state index in [0.29, 0.717) is 17.2 Å². The third kappa shape index (κ3) is 2.92. The summed E-state index contributed by atoms with van der Waals surface area (Å²) in [6.45, 7) is 2.12. The lowest BCUT2D eigenvalue weighted by molar-refractivity contribution is -0.123. The van der Waals surface area contributed by atoms with Gasteiger partial charge in [0.05, 0.1) is 11.4 Å². The molecule has 0 bridgehead atoms. The molecule has 1 aromatic carbocycles. The van der Waals surface area contributed by atoms with E-state index in [1.165, 1.54) is 4.90 Å². The van der Waals surface area contributed by atoms with Crippen LogP contribution in [0.2, 0.25) is 0 Å². The second-order valence-corrected chi connectivity index (χ2v) is 5.70. The Morgan fingerprint density at radius 3 is 2.57 bits per heavy atom. The molecule has 0 saturated carbocycles. The highest BCUT2D eigenvalue weighted by Crippen LogP contribution is 2.33. The number of thioether (sulfide) groups is 1. The van der Waals surface area contributed by atoms with E-state index in [1.54, 1.807) is 12.1 Å². The van der Waals surface area contributed by atoms with Crippen molar-refractivity contribution in [3.63, 3.8) is 0 Å². The van der Waals surface area contributed by atoms with Crippen molar-refractivity contribution in [3.05, 3.63) is 64.5 Å². The summed E-state index contributed by atoms with van der Waals surface area (Å²) < 4.78 is 5.41. The number of hydrogen-bond acceptors (Lipinski definition) is 4. The number of nitrogens with zero attached hydrogens (tertiary/aromatic N) is 1. The van der Waals surface area contributed by atoms with Crippen molar-refractivity contribution in [1.82, 2.24) is 4.90 Å². The molecule has 1 aromatic heterocycles. The zero-order valence-corrected chi connectivity index (χ0v) is 12.2. The predicted molar refractivity (Wildman–Crippen MR) is 81.4 cm³/mol. The molecule has 0 atom stereocenters. The van der Waals surface area contributed by atoms with Crippen LogP contribution in [-0.2, 0) is 11.3 Å². The molecule has 0 N–H and O–H groups in total. The van der Waals surface area contributed by atoms with Crippen LogP contribution < -0.4 is 0 Å². The van der Waals surface area contributed by atoms with Gasteiger partial charge in [-0.3, -0.25) is 14.5 Å². The van der Waals surface area contributed by atoms with Gasteiger partial charge in [-0.25, -0.2) is 0 Å². The zero-order valence-electron chi connectivity index (χ0n) is 11.4. The number of benzene rings is 1. The summed E-state index contributed by atoms with van der Waals surface area (Å²) in [7, 11) is 0. The smallest absolute Gasteiger partial charge is 0.293 e. The first-order chi connectivity index (χ1) is 10.1. The molecular weight excluding hydrogens is 286 g/mol. The van der Waals surface area contributed by atoms with E-state index in [-0.39, 0.29) is 11.1 Å². The minimum atomic E-state index is -0.275. The molecule has 1 fully saturated rings. The van der Waals surface area contributed by atoms with Gasteiger partial charge in [0.1, 0.15) is 11.5 Å². The van der Waals surface area contributed by atoms with Crippen LogP contribution in [0.25, 0.3) is 6.08 Å². The number of hydrogen-bond donors (Lipinski definition) is 0. The lowest BCUT2D eigenvalue weighted by Crippen LogP contribution is -2.27. The molecule has 2 heterocycles. The molecule has 0 spiro atoms. The molecular formula is C16H13NO3S. The maximum Gasteiger partial charge on any atom is 0.293 e. The summed E-state index contributed by atoms with van der Waals surface area (Å²) in [5, 5.41) is -0.251. The third-order valence-corrected chi connectivity index (χ3v) is 4.00. The Kier molecular flexibility index (Phi) is 3.66. The van der Waals surface area contributed by atoms with Gasteiger partial charge in [-0.1, -0.05) is 30.3 Å². The fourth-order valence-electron chi connectivity index (χ4n) is 2.06. The average Bonchev–Trinajstić information content (AvgIpc) is 2.99. The minimum Gasteiger partial charge on any atom is -0.462 e. The van der Waals surface area contributed by atoms with Crippen LogP contribution in [0.5, 0.6) is 0 Å². The van der Waals surface area contributed by atoms with Gasteiger partial charge < -0.3 is 4.42 Å². The maximum absolute atomic E-state index is 12.3. The lowest BCUT2D eigenvalue weighted by atomic mass is 10.2. The second-order valence-electron chi connectivity index (χ2n) is 4.70. The molecule has 1 aliphatic heterocycles. The van der Waals surface area contributed by atoms with Crippen molar-refractivity contribution in [2.45, 2.75) is 13.5 Å². The first-order valence-corrected chi connectivity index (χ1v) is 7.31. The average molecular weight is 299 g/mol. The van der Waals surface area contributed by atoms with E-state index < -0.39 is 0 Å². The highest BCUT2D eigenvalue weighted by molar-refractivity contribution is 8.18. The highest BCUT2D eigenvalue weighted by Gasteiger charge is 2.35. The van der Waals surface area contributed by atoms with Crippen LogP contribution in [0.15, 0.2) is 51.8 Å². The normalized spacial score (nSPS) is 17.0. The molecule has 4 nitrogen and oxygen atoms in total. The van der Waals surface area contributed by atoms with Gasteiger partial charge in [-0.15, -0.1) is 0 Å². The van der Waals surface area contributed by atoms with Crippen molar-refractivity contribution in [1.29, 1.82) is 0 Å². The van der Waals surface area contributed by atoms with Crippen LogP contribution >= 0.6 is 11.8 Å². The monoisotopic (exact) mass is 299 g/mol. The van der Waals surface area contributed by atoms with Crippen molar-refractivity contribution >= 4 is 29.0 Å². The molecule has 1 saturated heterocycles. The fourth-order valence-corrected chi connectivity index (χ4v) is 2.88. The number of furan rings is 1. The highest BCUT2D eigenvalue weighted by atomic mass is 32.2. The van der Waals surface area contributed by atoms with E-state index in [9.17, 15) is 9.59 Å². The third-order valence-electron chi connectivity index (χ3n) is 3.09. The molecule has 2 aromatic rings. The Morgan fingerprint density at radius 1 is 1.14 bits per heavy atom. The van der Waals surface area contributed by atoms with Gasteiger partial charge in [-0.2, -0.15) is 0 Å². The Labute approximate surface area is 126 Å². The number of carbonyl (C=O) groups excluding carboxylic acids is 2. The number of rotatable bonds is 3. The summed E-state index contributed by atoms with van der Waals surface area (Å²) in [5.41, 5.74) is 0.926. The topological polar surface area (TPSA) is 50.5 Å². The quantitative estimate of drug-likeness (QED) is 0.808.